The van der Waals surface area contributed by atoms with Crippen LogP contribution in [0.25, 0.3) is 34.9 Å². The monoisotopic (exact) mass is 680 g/mol. The molecule has 50 heavy (non-hydrogen) atoms. The first kappa shape index (κ1) is 39.0. The summed E-state index contributed by atoms with van der Waals surface area (Å²) in [4.78, 5) is 42.5. The standard InChI is InChI=1S/C41H61N9/c1-8-11-13-14-15-16-17-18-19-20-22-31-25-42-34(43-26-31)37-48-38(35-44-27-32(28-45-35)40(4,5)23-10-3)50-39(49-37)36-46-29-33(30-47-36)41(6,7)24-21-12-9-2/h25-30H,8-24H2,1-7H3. The highest BCUT2D eigenvalue weighted by atomic mass is 15.1. The van der Waals surface area contributed by atoms with E-state index >= 15 is 0 Å². The van der Waals surface area contributed by atoms with Gasteiger partial charge in [0.2, 0.25) is 17.5 Å². The van der Waals surface area contributed by atoms with E-state index in [2.05, 4.69) is 58.4 Å². The van der Waals surface area contributed by atoms with E-state index in [-0.39, 0.29) is 10.8 Å². The van der Waals surface area contributed by atoms with E-state index in [1.54, 1.807) is 0 Å². The lowest BCUT2D eigenvalue weighted by Gasteiger charge is -2.24. The fourth-order valence-corrected chi connectivity index (χ4v) is 6.41. The minimum atomic E-state index is -0.0218. The van der Waals surface area contributed by atoms with Crippen LogP contribution in [-0.2, 0) is 17.3 Å². The molecule has 0 aliphatic rings. The fraction of sp³-hybridized carbons (Fsp3) is 0.634. The Labute approximate surface area is 301 Å². The van der Waals surface area contributed by atoms with Crippen LogP contribution in [0.1, 0.15) is 168 Å². The molecule has 4 aromatic heterocycles. The minimum absolute atomic E-state index is 0.0201. The van der Waals surface area contributed by atoms with Gasteiger partial charge in [-0.25, -0.2) is 44.9 Å². The summed E-state index contributed by atoms with van der Waals surface area (Å²) in [6, 6.07) is 0. The molecule has 270 valence electrons. The van der Waals surface area contributed by atoms with Crippen molar-refractivity contribution in [2.75, 3.05) is 0 Å². The summed E-state index contributed by atoms with van der Waals surface area (Å²) in [5.41, 5.74) is 3.26. The van der Waals surface area contributed by atoms with E-state index in [0.717, 1.165) is 48.8 Å². The van der Waals surface area contributed by atoms with Gasteiger partial charge < -0.3 is 0 Å². The van der Waals surface area contributed by atoms with Gasteiger partial charge in [-0.15, -0.1) is 0 Å². The van der Waals surface area contributed by atoms with Gasteiger partial charge in [0.25, 0.3) is 0 Å². The maximum absolute atomic E-state index is 4.76. The van der Waals surface area contributed by atoms with Crippen molar-refractivity contribution in [2.45, 2.75) is 168 Å². The largest absolute Gasteiger partial charge is 0.234 e. The van der Waals surface area contributed by atoms with E-state index in [9.17, 15) is 0 Å². The maximum atomic E-state index is 4.76. The van der Waals surface area contributed by atoms with Crippen molar-refractivity contribution in [2.24, 2.45) is 0 Å². The number of aryl methyl sites for hydroxylation is 1. The molecule has 0 spiro atoms. The zero-order valence-corrected chi connectivity index (χ0v) is 32.0. The van der Waals surface area contributed by atoms with Gasteiger partial charge in [-0.3, -0.25) is 0 Å². The molecule has 4 heterocycles. The number of unbranched alkanes of at least 4 members (excludes halogenated alkanes) is 11. The average molecular weight is 680 g/mol. The summed E-state index contributed by atoms with van der Waals surface area (Å²) in [6.45, 7) is 15.6. The molecule has 0 amide bonds. The lowest BCUT2D eigenvalue weighted by Crippen LogP contribution is -2.18. The van der Waals surface area contributed by atoms with E-state index in [4.69, 9.17) is 34.9 Å². The number of hydrogen-bond acceptors (Lipinski definition) is 9. The van der Waals surface area contributed by atoms with Crippen LogP contribution in [0.15, 0.2) is 37.2 Å². The first-order valence-electron chi connectivity index (χ1n) is 19.4. The molecule has 9 nitrogen and oxygen atoms in total. The fourth-order valence-electron chi connectivity index (χ4n) is 6.41. The Kier molecular flexibility index (Phi) is 15.3. The van der Waals surface area contributed by atoms with Crippen molar-refractivity contribution in [1.29, 1.82) is 0 Å². The Morgan fingerprint density at radius 3 is 1.16 bits per heavy atom. The van der Waals surface area contributed by atoms with Crippen LogP contribution in [0.2, 0.25) is 0 Å². The van der Waals surface area contributed by atoms with E-state index < -0.39 is 0 Å². The van der Waals surface area contributed by atoms with Gasteiger partial charge in [0, 0.05) is 37.2 Å². The zero-order chi connectivity index (χ0) is 35.8. The Morgan fingerprint density at radius 1 is 0.380 bits per heavy atom. The van der Waals surface area contributed by atoms with E-state index in [0.29, 0.717) is 34.9 Å². The zero-order valence-electron chi connectivity index (χ0n) is 32.0. The molecule has 0 atom stereocenters. The molecule has 0 radical (unpaired) electrons. The van der Waals surface area contributed by atoms with Crippen LogP contribution >= 0.6 is 0 Å². The first-order valence-corrected chi connectivity index (χ1v) is 19.4. The lowest BCUT2D eigenvalue weighted by molar-refractivity contribution is 0.447. The normalized spacial score (nSPS) is 12.1. The van der Waals surface area contributed by atoms with Crippen molar-refractivity contribution < 1.29 is 0 Å². The summed E-state index contributed by atoms with van der Waals surface area (Å²) in [7, 11) is 0. The summed E-state index contributed by atoms with van der Waals surface area (Å²) in [5.74, 6) is 2.30. The predicted octanol–water partition coefficient (Wildman–Crippen LogP) is 10.6. The smallest absolute Gasteiger partial charge is 0.202 e. The molecule has 0 N–H and O–H groups in total. The topological polar surface area (TPSA) is 116 Å². The second-order valence-electron chi connectivity index (χ2n) is 15.2. The average Bonchev–Trinajstić information content (AvgIpc) is 3.12. The second kappa shape index (κ2) is 19.6. The van der Waals surface area contributed by atoms with Crippen LogP contribution in [0.5, 0.6) is 0 Å². The van der Waals surface area contributed by atoms with Gasteiger partial charge in [-0.2, -0.15) is 0 Å². The van der Waals surface area contributed by atoms with Gasteiger partial charge in [-0.1, -0.05) is 132 Å². The van der Waals surface area contributed by atoms with Crippen molar-refractivity contribution in [3.05, 3.63) is 53.9 Å². The summed E-state index contributed by atoms with van der Waals surface area (Å²) in [5, 5.41) is 0. The number of aromatic nitrogens is 9. The second-order valence-corrected chi connectivity index (χ2v) is 15.2. The van der Waals surface area contributed by atoms with Gasteiger partial charge in [0.15, 0.2) is 17.5 Å². The van der Waals surface area contributed by atoms with Gasteiger partial charge >= 0.3 is 0 Å². The number of hydrogen-bond donors (Lipinski definition) is 0. The lowest BCUT2D eigenvalue weighted by atomic mass is 9.81. The molecule has 0 saturated carbocycles. The Hall–Kier alpha value is -3.75. The molecule has 0 unspecified atom stereocenters. The van der Waals surface area contributed by atoms with Gasteiger partial charge in [0.05, 0.1) is 0 Å². The highest BCUT2D eigenvalue weighted by Gasteiger charge is 2.24. The maximum Gasteiger partial charge on any atom is 0.202 e. The van der Waals surface area contributed by atoms with Crippen LogP contribution in [0, 0.1) is 0 Å². The summed E-state index contributed by atoms with van der Waals surface area (Å²) < 4.78 is 0. The molecule has 4 aromatic rings. The molecule has 0 saturated heterocycles. The number of rotatable bonds is 22. The number of nitrogens with zero attached hydrogens (tertiary/aromatic N) is 9. The van der Waals surface area contributed by atoms with E-state index in [1.807, 2.05) is 37.2 Å². The predicted molar refractivity (Wildman–Crippen MR) is 204 cm³/mol. The molecular weight excluding hydrogens is 619 g/mol. The SMILES string of the molecule is CCCCCCCCCCCCc1cnc(-c2nc(-c3ncc(C(C)(C)CCC)cn3)nc(-c3ncc(C(C)(C)CCCCC)cn3)n2)nc1. The molecule has 0 aliphatic heterocycles. The third kappa shape index (κ3) is 11.7. The van der Waals surface area contributed by atoms with E-state index in [1.165, 1.54) is 77.0 Å². The van der Waals surface area contributed by atoms with Gasteiger partial charge in [-0.05, 0) is 53.2 Å². The third-order valence-corrected chi connectivity index (χ3v) is 9.91. The molecule has 0 fully saturated rings. The molecule has 0 aromatic carbocycles. The van der Waals surface area contributed by atoms with Crippen LogP contribution in [0.3, 0.4) is 0 Å². The minimum Gasteiger partial charge on any atom is -0.234 e. The summed E-state index contributed by atoms with van der Waals surface area (Å²) >= 11 is 0. The molecule has 9 heteroatoms. The quantitative estimate of drug-likeness (QED) is 0.0748. The third-order valence-electron chi connectivity index (χ3n) is 9.91. The van der Waals surface area contributed by atoms with Crippen LogP contribution < -0.4 is 0 Å². The summed E-state index contributed by atoms with van der Waals surface area (Å²) in [6.07, 6.45) is 32.3. The van der Waals surface area contributed by atoms with Crippen molar-refractivity contribution in [3.63, 3.8) is 0 Å². The molecule has 0 aliphatic carbocycles. The van der Waals surface area contributed by atoms with Gasteiger partial charge in [0.1, 0.15) is 0 Å². The molecule has 0 bridgehead atoms. The first-order chi connectivity index (χ1) is 24.2. The Morgan fingerprint density at radius 2 is 0.740 bits per heavy atom. The highest BCUT2D eigenvalue weighted by Crippen LogP contribution is 2.30. The highest BCUT2D eigenvalue weighted by molar-refractivity contribution is 5.56. The molecular formula is C41H61N9. The van der Waals surface area contributed by atoms with Crippen molar-refractivity contribution >= 4 is 0 Å². The molecule has 4 rings (SSSR count). The van der Waals surface area contributed by atoms with Crippen molar-refractivity contribution in [1.82, 2.24) is 44.9 Å². The Bertz CT molecular complexity index is 1550. The Balaban J connectivity index is 1.52. The van der Waals surface area contributed by atoms with Crippen molar-refractivity contribution in [3.8, 4) is 34.9 Å². The van der Waals surface area contributed by atoms with Crippen LogP contribution in [0.4, 0.5) is 0 Å². The van der Waals surface area contributed by atoms with Crippen LogP contribution in [-0.4, -0.2) is 44.9 Å².